The second kappa shape index (κ2) is 7.26. The summed E-state index contributed by atoms with van der Waals surface area (Å²) in [6.07, 6.45) is 0. The number of nitrogens with zero attached hydrogens (tertiary/aromatic N) is 2. The number of anilines is 1. The molecule has 0 atom stereocenters. The SMILES string of the molecule is NC(=S)CN1CCN(C(=O)Nc2ccc(Cl)c(Cl)c2)CC1. The highest BCUT2D eigenvalue weighted by Gasteiger charge is 2.21. The molecular formula is C13H16Cl2N4OS. The molecule has 0 saturated carbocycles. The molecule has 114 valence electrons. The lowest BCUT2D eigenvalue weighted by molar-refractivity contribution is 0.158. The Balaban J connectivity index is 1.87. The second-order valence-corrected chi connectivity index (χ2v) is 6.13. The number of rotatable bonds is 3. The predicted molar refractivity (Wildman–Crippen MR) is 90.3 cm³/mol. The number of thiocarbonyl (C=S) groups is 1. The highest BCUT2D eigenvalue weighted by Crippen LogP contribution is 2.25. The van der Waals surface area contributed by atoms with Crippen molar-refractivity contribution in [2.24, 2.45) is 5.73 Å². The fraction of sp³-hybridized carbons (Fsp3) is 0.385. The molecule has 0 aliphatic carbocycles. The van der Waals surface area contributed by atoms with Crippen LogP contribution in [0.5, 0.6) is 0 Å². The maximum absolute atomic E-state index is 12.2. The minimum Gasteiger partial charge on any atom is -0.392 e. The summed E-state index contributed by atoms with van der Waals surface area (Å²) in [5.74, 6) is 0. The Kier molecular flexibility index (Phi) is 5.64. The van der Waals surface area contributed by atoms with Gasteiger partial charge in [-0.05, 0) is 18.2 Å². The topological polar surface area (TPSA) is 61.6 Å². The van der Waals surface area contributed by atoms with Gasteiger partial charge in [0.15, 0.2) is 0 Å². The van der Waals surface area contributed by atoms with E-state index in [9.17, 15) is 4.79 Å². The second-order valence-electron chi connectivity index (χ2n) is 4.79. The molecule has 0 unspecified atom stereocenters. The molecule has 1 aromatic rings. The summed E-state index contributed by atoms with van der Waals surface area (Å²) in [5.41, 5.74) is 6.14. The largest absolute Gasteiger partial charge is 0.392 e. The number of piperazine rings is 1. The lowest BCUT2D eigenvalue weighted by Crippen LogP contribution is -2.51. The first-order chi connectivity index (χ1) is 9.95. The van der Waals surface area contributed by atoms with Gasteiger partial charge in [-0.2, -0.15) is 0 Å². The van der Waals surface area contributed by atoms with E-state index in [0.29, 0.717) is 40.4 Å². The zero-order valence-electron chi connectivity index (χ0n) is 11.3. The van der Waals surface area contributed by atoms with Crippen LogP contribution in [0.1, 0.15) is 0 Å². The average molecular weight is 347 g/mol. The third kappa shape index (κ3) is 4.71. The average Bonchev–Trinajstić information content (AvgIpc) is 2.43. The highest BCUT2D eigenvalue weighted by molar-refractivity contribution is 7.80. The van der Waals surface area contributed by atoms with Crippen LogP contribution < -0.4 is 11.1 Å². The first-order valence-corrected chi connectivity index (χ1v) is 7.64. The number of hydrogen-bond donors (Lipinski definition) is 2. The van der Waals surface area contributed by atoms with Crippen LogP contribution in [0.4, 0.5) is 10.5 Å². The van der Waals surface area contributed by atoms with E-state index >= 15 is 0 Å². The van der Waals surface area contributed by atoms with Crippen LogP contribution in [0.15, 0.2) is 18.2 Å². The minimum atomic E-state index is -0.150. The summed E-state index contributed by atoms with van der Waals surface area (Å²) in [4.78, 5) is 16.5. The molecule has 1 aliphatic rings. The Morgan fingerprint density at radius 3 is 2.48 bits per heavy atom. The fourth-order valence-corrected chi connectivity index (χ4v) is 2.59. The molecule has 1 heterocycles. The van der Waals surface area contributed by atoms with E-state index in [1.165, 1.54) is 0 Å². The number of benzene rings is 1. The highest BCUT2D eigenvalue weighted by atomic mass is 35.5. The smallest absolute Gasteiger partial charge is 0.321 e. The van der Waals surface area contributed by atoms with Crippen LogP contribution in [0, 0.1) is 0 Å². The van der Waals surface area contributed by atoms with Crippen LogP contribution in [0.3, 0.4) is 0 Å². The molecule has 5 nitrogen and oxygen atoms in total. The molecule has 2 rings (SSSR count). The van der Waals surface area contributed by atoms with Crippen molar-refractivity contribution in [3.63, 3.8) is 0 Å². The normalized spacial score (nSPS) is 15.8. The summed E-state index contributed by atoms with van der Waals surface area (Å²) in [6.45, 7) is 3.38. The van der Waals surface area contributed by atoms with E-state index in [2.05, 4.69) is 10.2 Å². The summed E-state index contributed by atoms with van der Waals surface area (Å²) in [6, 6.07) is 4.85. The van der Waals surface area contributed by atoms with Crippen molar-refractivity contribution in [3.8, 4) is 0 Å². The van der Waals surface area contributed by atoms with E-state index in [1.54, 1.807) is 23.1 Å². The Bertz CT molecular complexity index is 547. The molecule has 0 bridgehead atoms. The molecule has 3 N–H and O–H groups in total. The summed E-state index contributed by atoms with van der Waals surface area (Å²) in [7, 11) is 0. The Morgan fingerprint density at radius 1 is 1.24 bits per heavy atom. The van der Waals surface area contributed by atoms with E-state index in [1.807, 2.05) is 0 Å². The molecule has 8 heteroatoms. The maximum atomic E-state index is 12.2. The first-order valence-electron chi connectivity index (χ1n) is 6.47. The van der Waals surface area contributed by atoms with Gasteiger partial charge in [0.05, 0.1) is 15.0 Å². The molecule has 1 saturated heterocycles. The van der Waals surface area contributed by atoms with Gasteiger partial charge in [-0.25, -0.2) is 4.79 Å². The summed E-state index contributed by atoms with van der Waals surface area (Å²) < 4.78 is 0. The Morgan fingerprint density at radius 2 is 1.90 bits per heavy atom. The Labute approximate surface area is 139 Å². The number of urea groups is 1. The van der Waals surface area contributed by atoms with E-state index in [-0.39, 0.29) is 6.03 Å². The van der Waals surface area contributed by atoms with Crippen molar-refractivity contribution in [3.05, 3.63) is 28.2 Å². The molecule has 2 amide bonds. The van der Waals surface area contributed by atoms with E-state index < -0.39 is 0 Å². The van der Waals surface area contributed by atoms with Crippen molar-refractivity contribution < 1.29 is 4.79 Å². The molecule has 1 aromatic carbocycles. The first kappa shape index (κ1) is 16.3. The third-order valence-electron chi connectivity index (χ3n) is 3.21. The van der Waals surface area contributed by atoms with Gasteiger partial charge in [-0.1, -0.05) is 35.4 Å². The van der Waals surface area contributed by atoms with Gasteiger partial charge < -0.3 is 16.0 Å². The molecule has 0 spiro atoms. The van der Waals surface area contributed by atoms with Crippen molar-refractivity contribution in [2.45, 2.75) is 0 Å². The minimum absolute atomic E-state index is 0.150. The number of amides is 2. The van der Waals surface area contributed by atoms with Crippen LogP contribution in [0.25, 0.3) is 0 Å². The molecule has 0 aromatic heterocycles. The number of nitrogens with one attached hydrogen (secondary N) is 1. The van der Waals surface area contributed by atoms with Crippen molar-refractivity contribution in [1.29, 1.82) is 0 Å². The van der Waals surface area contributed by atoms with Gasteiger partial charge >= 0.3 is 6.03 Å². The lowest BCUT2D eigenvalue weighted by atomic mass is 10.3. The predicted octanol–water partition coefficient (Wildman–Crippen LogP) is 2.43. The van der Waals surface area contributed by atoms with Gasteiger partial charge in [-0.15, -0.1) is 0 Å². The monoisotopic (exact) mass is 346 g/mol. The summed E-state index contributed by atoms with van der Waals surface area (Å²) in [5, 5.41) is 3.68. The van der Waals surface area contributed by atoms with Gasteiger partial charge in [0.25, 0.3) is 0 Å². The fourth-order valence-electron chi connectivity index (χ4n) is 2.11. The standard InChI is InChI=1S/C13H16Cl2N4OS/c14-10-2-1-9(7-11(10)15)17-13(20)19-5-3-18(4-6-19)8-12(16)21/h1-2,7H,3-6,8H2,(H2,16,21)(H,17,20). The van der Waals surface area contributed by atoms with Crippen molar-refractivity contribution >= 4 is 52.1 Å². The van der Waals surface area contributed by atoms with Crippen LogP contribution >= 0.6 is 35.4 Å². The molecule has 21 heavy (non-hydrogen) atoms. The molecule has 1 fully saturated rings. The zero-order valence-corrected chi connectivity index (χ0v) is 13.6. The van der Waals surface area contributed by atoms with Gasteiger partial charge in [0.1, 0.15) is 0 Å². The van der Waals surface area contributed by atoms with E-state index in [0.717, 1.165) is 13.1 Å². The Hall–Kier alpha value is -1.08. The third-order valence-corrected chi connectivity index (χ3v) is 4.08. The number of carbonyl (C=O) groups excluding carboxylic acids is 1. The van der Waals surface area contributed by atoms with Crippen molar-refractivity contribution in [2.75, 3.05) is 38.0 Å². The molecule has 0 radical (unpaired) electrons. The number of halogens is 2. The number of hydrogen-bond acceptors (Lipinski definition) is 3. The van der Waals surface area contributed by atoms with E-state index in [4.69, 9.17) is 41.2 Å². The van der Waals surface area contributed by atoms with Crippen LogP contribution in [-0.2, 0) is 0 Å². The lowest BCUT2D eigenvalue weighted by Gasteiger charge is -2.34. The van der Waals surface area contributed by atoms with Crippen LogP contribution in [-0.4, -0.2) is 53.5 Å². The molecular weight excluding hydrogens is 331 g/mol. The van der Waals surface area contributed by atoms with Crippen molar-refractivity contribution in [1.82, 2.24) is 9.80 Å². The maximum Gasteiger partial charge on any atom is 0.321 e. The van der Waals surface area contributed by atoms with Gasteiger partial charge in [-0.3, -0.25) is 4.90 Å². The molecule has 1 aliphatic heterocycles. The zero-order chi connectivity index (χ0) is 15.4. The number of carbonyl (C=O) groups is 1. The summed E-state index contributed by atoms with van der Waals surface area (Å²) >= 11 is 16.7. The van der Waals surface area contributed by atoms with Gasteiger partial charge in [0, 0.05) is 38.4 Å². The quantitative estimate of drug-likeness (QED) is 0.825. The number of nitrogens with two attached hydrogens (primary N) is 1. The van der Waals surface area contributed by atoms with Gasteiger partial charge in [0.2, 0.25) is 0 Å². The van der Waals surface area contributed by atoms with Crippen LogP contribution in [0.2, 0.25) is 10.0 Å².